The van der Waals surface area contributed by atoms with Crippen molar-refractivity contribution in [3.05, 3.63) is 34.4 Å². The van der Waals surface area contributed by atoms with Gasteiger partial charge in [-0.2, -0.15) is 13.2 Å². The van der Waals surface area contributed by atoms with E-state index in [0.29, 0.717) is 39.1 Å². The Morgan fingerprint density at radius 2 is 1.73 bits per heavy atom. The van der Waals surface area contributed by atoms with Crippen molar-refractivity contribution in [3.8, 4) is 0 Å². The van der Waals surface area contributed by atoms with Crippen LogP contribution in [-0.4, -0.2) is 67.8 Å². The molecule has 10 heteroatoms. The van der Waals surface area contributed by atoms with Gasteiger partial charge in [0.15, 0.2) is 11.6 Å². The smallest absolute Gasteiger partial charge is 0.372 e. The Hall–Kier alpha value is -1.45. The molecule has 1 heterocycles. The third kappa shape index (κ3) is 6.07. The molecule has 1 aliphatic rings. The summed E-state index contributed by atoms with van der Waals surface area (Å²) in [5, 5.41) is -0.154. The molecule has 0 spiro atoms. The highest BCUT2D eigenvalue weighted by Gasteiger charge is 2.27. The number of benzene rings is 1. The summed E-state index contributed by atoms with van der Waals surface area (Å²) >= 11 is 5.82. The van der Waals surface area contributed by atoms with Gasteiger partial charge in [-0.1, -0.05) is 11.6 Å². The molecular weight excluding hydrogens is 383 g/mol. The Kier molecular flexibility index (Phi) is 7.19. The van der Waals surface area contributed by atoms with Crippen LogP contribution in [0.15, 0.2) is 12.1 Å². The van der Waals surface area contributed by atoms with E-state index in [4.69, 9.17) is 11.6 Å². The van der Waals surface area contributed by atoms with Crippen LogP contribution < -0.4 is 0 Å². The summed E-state index contributed by atoms with van der Waals surface area (Å²) in [7, 11) is 0. The number of nitrogens with zero attached hydrogens (tertiary/aromatic N) is 2. The van der Waals surface area contributed by atoms with E-state index in [1.54, 1.807) is 0 Å². The van der Waals surface area contributed by atoms with Crippen LogP contribution in [0.4, 0.5) is 22.0 Å². The van der Waals surface area contributed by atoms with Gasteiger partial charge in [0.05, 0.1) is 10.6 Å². The third-order valence-electron chi connectivity index (χ3n) is 3.93. The zero-order valence-corrected chi connectivity index (χ0v) is 14.5. The van der Waals surface area contributed by atoms with E-state index >= 15 is 0 Å². The van der Waals surface area contributed by atoms with Gasteiger partial charge >= 0.3 is 6.18 Å². The van der Waals surface area contributed by atoms with Crippen LogP contribution in [0.25, 0.3) is 0 Å². The Labute approximate surface area is 152 Å². The molecule has 0 atom stereocenters. The molecule has 1 fully saturated rings. The molecule has 2 rings (SSSR count). The number of carbonyl (C=O) groups excluding carboxylic acids is 1. The second-order valence-electron chi connectivity index (χ2n) is 5.90. The number of carbonyl (C=O) groups is 1. The van der Waals surface area contributed by atoms with Crippen molar-refractivity contribution < 1.29 is 31.5 Å². The van der Waals surface area contributed by atoms with Gasteiger partial charge in [0, 0.05) is 39.3 Å². The number of hydrogen-bond acceptors (Lipinski definition) is 3. The lowest BCUT2D eigenvalue weighted by atomic mass is 10.1. The lowest BCUT2D eigenvalue weighted by Crippen LogP contribution is -2.49. The first-order valence-electron chi connectivity index (χ1n) is 7.98. The largest absolute Gasteiger partial charge is 0.411 e. The number of amides is 1. The molecule has 26 heavy (non-hydrogen) atoms. The minimum absolute atomic E-state index is 0.00309. The fraction of sp³-hybridized carbons (Fsp3) is 0.562. The molecule has 1 aromatic rings. The lowest BCUT2D eigenvalue weighted by Gasteiger charge is -2.34. The number of halogens is 6. The van der Waals surface area contributed by atoms with Crippen LogP contribution in [0.3, 0.4) is 0 Å². The van der Waals surface area contributed by atoms with Crippen LogP contribution in [0.5, 0.6) is 0 Å². The summed E-state index contributed by atoms with van der Waals surface area (Å²) in [4.78, 5) is 15.9. The van der Waals surface area contributed by atoms with Crippen LogP contribution in [0.2, 0.25) is 5.02 Å². The molecule has 1 saturated heterocycles. The fourth-order valence-corrected chi connectivity index (χ4v) is 2.84. The van der Waals surface area contributed by atoms with Crippen LogP contribution in [-0.2, 0) is 4.74 Å². The van der Waals surface area contributed by atoms with E-state index in [0.717, 1.165) is 12.1 Å². The average molecular weight is 401 g/mol. The maximum absolute atomic E-state index is 13.3. The normalized spacial score (nSPS) is 16.2. The van der Waals surface area contributed by atoms with E-state index in [1.165, 1.54) is 4.90 Å². The van der Waals surface area contributed by atoms with Crippen molar-refractivity contribution >= 4 is 17.5 Å². The van der Waals surface area contributed by atoms with Crippen LogP contribution >= 0.6 is 11.6 Å². The van der Waals surface area contributed by atoms with Crippen molar-refractivity contribution in [1.29, 1.82) is 0 Å². The quantitative estimate of drug-likeness (QED) is 0.417. The van der Waals surface area contributed by atoms with Crippen molar-refractivity contribution in [2.75, 3.05) is 45.9 Å². The maximum atomic E-state index is 13.3. The molecular formula is C16H18ClF5N2O2. The highest BCUT2D eigenvalue weighted by Crippen LogP contribution is 2.22. The molecule has 1 aromatic carbocycles. The highest BCUT2D eigenvalue weighted by molar-refractivity contribution is 6.33. The van der Waals surface area contributed by atoms with Gasteiger partial charge in [0.1, 0.15) is 6.61 Å². The van der Waals surface area contributed by atoms with Gasteiger partial charge in [0.2, 0.25) is 0 Å². The summed E-state index contributed by atoms with van der Waals surface area (Å²) < 4.78 is 66.8. The first-order chi connectivity index (χ1) is 12.2. The van der Waals surface area contributed by atoms with Gasteiger partial charge < -0.3 is 9.64 Å². The predicted molar refractivity (Wildman–Crippen MR) is 85.2 cm³/mol. The van der Waals surface area contributed by atoms with Crippen molar-refractivity contribution in [1.82, 2.24) is 9.80 Å². The van der Waals surface area contributed by atoms with Gasteiger partial charge in [-0.05, 0) is 18.6 Å². The molecule has 0 radical (unpaired) electrons. The number of alkyl halides is 3. The van der Waals surface area contributed by atoms with Gasteiger partial charge in [-0.3, -0.25) is 9.69 Å². The van der Waals surface area contributed by atoms with E-state index in [-0.39, 0.29) is 17.2 Å². The molecule has 0 aromatic heterocycles. The number of rotatable bonds is 6. The lowest BCUT2D eigenvalue weighted by molar-refractivity contribution is -0.174. The van der Waals surface area contributed by atoms with E-state index in [9.17, 15) is 26.7 Å². The minimum Gasteiger partial charge on any atom is -0.372 e. The molecule has 0 saturated carbocycles. The van der Waals surface area contributed by atoms with Gasteiger partial charge in [-0.25, -0.2) is 8.78 Å². The maximum Gasteiger partial charge on any atom is 0.411 e. The number of piperazine rings is 1. The summed E-state index contributed by atoms with van der Waals surface area (Å²) in [5.41, 5.74) is -0.0976. The molecule has 0 bridgehead atoms. The fourth-order valence-electron chi connectivity index (χ4n) is 2.61. The zero-order chi connectivity index (χ0) is 19.3. The molecule has 0 N–H and O–H groups in total. The second-order valence-corrected chi connectivity index (χ2v) is 6.31. The Bertz CT molecular complexity index is 634. The predicted octanol–water partition coefficient (Wildman–Crippen LogP) is 3.35. The summed E-state index contributed by atoms with van der Waals surface area (Å²) in [5.74, 6) is -2.75. The molecule has 0 unspecified atom stereocenters. The highest BCUT2D eigenvalue weighted by atomic mass is 35.5. The molecule has 1 amide bonds. The van der Waals surface area contributed by atoms with Gasteiger partial charge in [-0.15, -0.1) is 0 Å². The van der Waals surface area contributed by atoms with Gasteiger partial charge in [0.25, 0.3) is 5.91 Å². The monoisotopic (exact) mass is 400 g/mol. The SMILES string of the molecule is O=C(c1cc(F)c(F)cc1Cl)N1CCN(CCCOCC(F)(F)F)CC1. The van der Waals surface area contributed by atoms with Crippen molar-refractivity contribution in [2.24, 2.45) is 0 Å². The first-order valence-corrected chi connectivity index (χ1v) is 8.36. The third-order valence-corrected chi connectivity index (χ3v) is 4.24. The molecule has 0 aliphatic carbocycles. The Balaban J connectivity index is 1.76. The molecule has 1 aliphatic heterocycles. The van der Waals surface area contributed by atoms with E-state index < -0.39 is 30.3 Å². The average Bonchev–Trinajstić information content (AvgIpc) is 2.57. The summed E-state index contributed by atoms with van der Waals surface area (Å²) in [6.07, 6.45) is -3.88. The molecule has 4 nitrogen and oxygen atoms in total. The van der Waals surface area contributed by atoms with E-state index in [1.807, 2.05) is 4.90 Å². The van der Waals surface area contributed by atoms with Crippen molar-refractivity contribution in [2.45, 2.75) is 12.6 Å². The Morgan fingerprint density at radius 1 is 1.12 bits per heavy atom. The minimum atomic E-state index is -4.33. The molecule has 146 valence electrons. The Morgan fingerprint density at radius 3 is 2.35 bits per heavy atom. The topological polar surface area (TPSA) is 32.8 Å². The second kappa shape index (κ2) is 8.96. The van der Waals surface area contributed by atoms with Crippen molar-refractivity contribution in [3.63, 3.8) is 0 Å². The van der Waals surface area contributed by atoms with E-state index in [2.05, 4.69) is 4.74 Å². The first kappa shape index (κ1) is 20.9. The summed E-state index contributed by atoms with van der Waals surface area (Å²) in [6, 6.07) is 1.55. The summed E-state index contributed by atoms with van der Waals surface area (Å²) in [6.45, 7) is 1.05. The number of hydrogen-bond donors (Lipinski definition) is 0. The van der Waals surface area contributed by atoms with Crippen LogP contribution in [0, 0.1) is 11.6 Å². The van der Waals surface area contributed by atoms with Crippen LogP contribution in [0.1, 0.15) is 16.8 Å². The number of ether oxygens (including phenoxy) is 1. The standard InChI is InChI=1S/C16H18ClF5N2O2/c17-12-9-14(19)13(18)8-11(12)15(25)24-5-3-23(4-6-24)2-1-7-26-10-16(20,21)22/h8-9H,1-7,10H2. The zero-order valence-electron chi connectivity index (χ0n) is 13.8.